The summed E-state index contributed by atoms with van der Waals surface area (Å²) in [5.41, 5.74) is 15.9. The van der Waals surface area contributed by atoms with Crippen LogP contribution < -0.4 is 27.3 Å². The third-order valence-electron chi connectivity index (χ3n) is 7.63. The van der Waals surface area contributed by atoms with Gasteiger partial charge in [-0.05, 0) is 55.3 Å². The number of aliphatic carboxylic acids is 1. The number of benzene rings is 3. The molecule has 1 atom stereocenters. The molecule has 1 aliphatic rings. The number of carbonyl (C=O) groups is 4. The maximum Gasteiger partial charge on any atom is 0.335 e. The van der Waals surface area contributed by atoms with E-state index in [0.717, 1.165) is 23.1 Å². The molecule has 0 saturated carbocycles. The molecule has 0 aliphatic carbocycles. The van der Waals surface area contributed by atoms with E-state index >= 15 is 0 Å². The highest BCUT2D eigenvalue weighted by Crippen LogP contribution is 2.39. The summed E-state index contributed by atoms with van der Waals surface area (Å²) in [6.07, 6.45) is 0.956. The highest BCUT2D eigenvalue weighted by atomic mass is 19.1. The van der Waals surface area contributed by atoms with Gasteiger partial charge in [-0.25, -0.2) is 18.0 Å². The van der Waals surface area contributed by atoms with Crippen molar-refractivity contribution in [3.63, 3.8) is 0 Å². The van der Waals surface area contributed by atoms with Gasteiger partial charge in [0.05, 0.1) is 16.9 Å². The van der Waals surface area contributed by atoms with Crippen LogP contribution in [0, 0.1) is 17.5 Å². The molecule has 0 radical (unpaired) electrons. The monoisotopic (exact) mass is 724 g/mol. The summed E-state index contributed by atoms with van der Waals surface area (Å²) in [6.45, 7) is -0.631. The number of nitrogens with one attached hydrogen (secondary N) is 1. The van der Waals surface area contributed by atoms with Crippen molar-refractivity contribution in [2.45, 2.75) is 32.0 Å². The van der Waals surface area contributed by atoms with Crippen molar-refractivity contribution in [3.8, 4) is 17.0 Å². The number of carbonyl (C=O) groups excluding carboxylic acids is 2. The normalized spacial score (nSPS) is 11.8. The summed E-state index contributed by atoms with van der Waals surface area (Å²) in [4.78, 5) is 52.9. The van der Waals surface area contributed by atoms with Gasteiger partial charge in [-0.15, -0.1) is 0 Å². The minimum Gasteiger partial charge on any atom is -0.488 e. The van der Waals surface area contributed by atoms with Crippen LogP contribution in [-0.4, -0.2) is 73.7 Å². The molecule has 15 nitrogen and oxygen atoms in total. The molecule has 52 heavy (non-hydrogen) atoms. The van der Waals surface area contributed by atoms with Gasteiger partial charge in [0.1, 0.15) is 42.4 Å². The number of aliphatic imine (C=N–C) groups is 1. The number of nitrogens with zero attached hydrogens (tertiary/aromatic N) is 4. The lowest BCUT2D eigenvalue weighted by Gasteiger charge is -2.23. The summed E-state index contributed by atoms with van der Waals surface area (Å²) in [5, 5.41) is 24.1. The Balaban J connectivity index is 0.000000434. The van der Waals surface area contributed by atoms with Crippen LogP contribution in [0.25, 0.3) is 11.3 Å². The second-order valence-corrected chi connectivity index (χ2v) is 11.4. The molecule has 3 aromatic carbocycles. The van der Waals surface area contributed by atoms with Crippen LogP contribution in [0.1, 0.15) is 44.8 Å². The fourth-order valence-corrected chi connectivity index (χ4v) is 5.12. The number of aryl methyl sites for hydroxylation is 1. The van der Waals surface area contributed by atoms with E-state index in [1.54, 1.807) is 13.1 Å². The van der Waals surface area contributed by atoms with E-state index in [1.807, 2.05) is 0 Å². The third-order valence-corrected chi connectivity index (χ3v) is 7.63. The minimum atomic E-state index is -1.32. The second-order valence-electron chi connectivity index (χ2n) is 11.4. The van der Waals surface area contributed by atoms with E-state index in [1.165, 1.54) is 41.1 Å². The van der Waals surface area contributed by atoms with Gasteiger partial charge in [0, 0.05) is 36.8 Å². The van der Waals surface area contributed by atoms with Gasteiger partial charge in [0.15, 0.2) is 11.7 Å². The molecular formula is C34H35F3N8O7. The summed E-state index contributed by atoms with van der Waals surface area (Å²) < 4.78 is 50.0. The zero-order valence-corrected chi connectivity index (χ0v) is 27.7. The SMILES string of the molecule is Cn1nc(C(=O)N(CC(=O)Nc2cc(C(=O)O)ccc2F)Cc2ccccc2F)c2c1-c1cc(F)ccc1OC2.NC(N)=NCCC[C@H](N)C(=O)O. The zero-order chi connectivity index (χ0) is 38.1. The number of hydrogen-bond donors (Lipinski definition) is 6. The number of carboxylic acid groups (broad SMARTS) is 2. The molecule has 1 aliphatic heterocycles. The van der Waals surface area contributed by atoms with E-state index in [2.05, 4.69) is 15.4 Å². The Bertz CT molecular complexity index is 2020. The summed E-state index contributed by atoms with van der Waals surface area (Å²) >= 11 is 0. The van der Waals surface area contributed by atoms with Crippen LogP contribution in [0.3, 0.4) is 0 Å². The molecule has 274 valence electrons. The number of amides is 2. The Hall–Kier alpha value is -6.43. The molecule has 1 aromatic heterocycles. The first-order valence-electron chi connectivity index (χ1n) is 15.5. The maximum absolute atomic E-state index is 14.5. The number of ether oxygens (including phenoxy) is 1. The summed E-state index contributed by atoms with van der Waals surface area (Å²) in [5.74, 6) is -5.53. The third kappa shape index (κ3) is 9.63. The van der Waals surface area contributed by atoms with Crippen LogP contribution in [0.2, 0.25) is 0 Å². The van der Waals surface area contributed by atoms with E-state index in [4.69, 9.17) is 27.0 Å². The van der Waals surface area contributed by atoms with E-state index in [0.29, 0.717) is 42.0 Å². The molecule has 2 heterocycles. The Morgan fingerprint density at radius 2 is 1.77 bits per heavy atom. The highest BCUT2D eigenvalue weighted by Gasteiger charge is 2.32. The molecule has 0 fully saturated rings. The van der Waals surface area contributed by atoms with Gasteiger partial charge in [0.2, 0.25) is 5.91 Å². The van der Waals surface area contributed by atoms with Crippen molar-refractivity contribution in [3.05, 3.63) is 100 Å². The van der Waals surface area contributed by atoms with Crippen LogP contribution in [0.15, 0.2) is 65.7 Å². The molecular weight excluding hydrogens is 689 g/mol. The first-order valence-corrected chi connectivity index (χ1v) is 15.5. The van der Waals surface area contributed by atoms with Crippen LogP contribution in [-0.2, 0) is 29.8 Å². The number of nitrogens with two attached hydrogens (primary N) is 3. The van der Waals surface area contributed by atoms with Crippen molar-refractivity contribution in [1.29, 1.82) is 0 Å². The second kappa shape index (κ2) is 17.0. The Labute approximate surface area is 294 Å². The van der Waals surface area contributed by atoms with Crippen molar-refractivity contribution in [2.24, 2.45) is 29.2 Å². The van der Waals surface area contributed by atoms with Gasteiger partial charge in [-0.2, -0.15) is 5.10 Å². The summed E-state index contributed by atoms with van der Waals surface area (Å²) in [7, 11) is 1.57. The highest BCUT2D eigenvalue weighted by molar-refractivity contribution is 6.01. The number of carboxylic acids is 2. The number of guanidine groups is 1. The first-order chi connectivity index (χ1) is 24.7. The number of halogens is 3. The smallest absolute Gasteiger partial charge is 0.335 e. The molecule has 0 saturated heterocycles. The molecule has 4 aromatic rings. The minimum absolute atomic E-state index is 0.0129. The molecule has 5 rings (SSSR count). The molecule has 0 bridgehead atoms. The number of anilines is 1. The lowest BCUT2D eigenvalue weighted by atomic mass is 10.0. The fraction of sp³-hybridized carbons (Fsp3) is 0.235. The number of fused-ring (bicyclic) bond motifs is 3. The molecule has 0 spiro atoms. The van der Waals surface area contributed by atoms with Gasteiger partial charge < -0.3 is 42.4 Å². The number of aromatic nitrogens is 2. The predicted octanol–water partition coefficient (Wildman–Crippen LogP) is 2.83. The lowest BCUT2D eigenvalue weighted by molar-refractivity contribution is -0.138. The topological polar surface area (TPSA) is 241 Å². The molecule has 2 amide bonds. The number of rotatable bonds is 12. The van der Waals surface area contributed by atoms with E-state index in [-0.39, 0.29) is 35.9 Å². The molecule has 0 unspecified atom stereocenters. The maximum atomic E-state index is 14.5. The zero-order valence-electron chi connectivity index (χ0n) is 27.7. The van der Waals surface area contributed by atoms with Crippen molar-refractivity contribution in [1.82, 2.24) is 14.7 Å². The standard InChI is InChI=1S/C28H21F3N4O5.C6H14N4O2/c1-34-26-18-11-17(29)7-9-23(18)40-14-19(26)25(33-34)27(37)35(12-16-4-2-3-5-20(16)30)13-24(36)32-22-10-15(28(38)39)6-8-21(22)31;7-4(5(11)12)2-1-3-10-6(8)9/h2-11H,12-14H2,1H3,(H,32,36)(H,38,39);4H,1-3,7H2,(H,11,12)(H4,8,9,10)/t;4-/m.0/s1. The Kier molecular flexibility index (Phi) is 12.5. The van der Waals surface area contributed by atoms with Crippen LogP contribution >= 0.6 is 0 Å². The average Bonchev–Trinajstić information content (AvgIpc) is 3.44. The first kappa shape index (κ1) is 38.4. The molecule has 18 heteroatoms. The van der Waals surface area contributed by atoms with E-state index in [9.17, 15) is 37.5 Å². The predicted molar refractivity (Wildman–Crippen MR) is 182 cm³/mol. The van der Waals surface area contributed by atoms with Gasteiger partial charge in [0.25, 0.3) is 5.91 Å². The number of hydrogen-bond acceptors (Lipinski definition) is 8. The molecule has 9 N–H and O–H groups in total. The van der Waals surface area contributed by atoms with Crippen LogP contribution in [0.5, 0.6) is 5.75 Å². The number of aromatic carboxylic acids is 1. The van der Waals surface area contributed by atoms with E-state index < -0.39 is 59.5 Å². The Morgan fingerprint density at radius 1 is 1.04 bits per heavy atom. The van der Waals surface area contributed by atoms with Crippen molar-refractivity contribution in [2.75, 3.05) is 18.4 Å². The van der Waals surface area contributed by atoms with Crippen molar-refractivity contribution < 1.29 is 47.3 Å². The van der Waals surface area contributed by atoms with Gasteiger partial charge >= 0.3 is 11.9 Å². The van der Waals surface area contributed by atoms with Gasteiger partial charge in [-0.3, -0.25) is 24.1 Å². The van der Waals surface area contributed by atoms with Crippen LogP contribution in [0.4, 0.5) is 18.9 Å². The Morgan fingerprint density at radius 3 is 2.44 bits per heavy atom. The lowest BCUT2D eigenvalue weighted by Crippen LogP contribution is -2.38. The quantitative estimate of drug-likeness (QED) is 0.0705. The average molecular weight is 725 g/mol. The summed E-state index contributed by atoms with van der Waals surface area (Å²) in [6, 6.07) is 11.7. The largest absolute Gasteiger partial charge is 0.488 e. The van der Waals surface area contributed by atoms with Crippen molar-refractivity contribution >= 4 is 35.4 Å². The van der Waals surface area contributed by atoms with Gasteiger partial charge in [-0.1, -0.05) is 18.2 Å². The fourth-order valence-electron chi connectivity index (χ4n) is 5.12.